The van der Waals surface area contributed by atoms with Gasteiger partial charge in [-0.25, -0.2) is 8.78 Å². The van der Waals surface area contributed by atoms with Gasteiger partial charge in [0.05, 0.1) is 28.9 Å². The van der Waals surface area contributed by atoms with Gasteiger partial charge in [0.25, 0.3) is 0 Å². The van der Waals surface area contributed by atoms with Gasteiger partial charge >= 0.3 is 6.18 Å². The molecule has 0 spiro atoms. The first-order chi connectivity index (χ1) is 19.4. The van der Waals surface area contributed by atoms with Gasteiger partial charge in [0.2, 0.25) is 5.91 Å². The van der Waals surface area contributed by atoms with Crippen molar-refractivity contribution in [3.8, 4) is 11.1 Å². The molecule has 2 aliphatic rings. The first-order valence-electron chi connectivity index (χ1n) is 12.5. The van der Waals surface area contributed by atoms with Crippen LogP contribution >= 0.6 is 23.4 Å². The number of amides is 1. The van der Waals surface area contributed by atoms with E-state index in [1.54, 1.807) is 16.7 Å². The molecule has 1 amide bonds. The number of nitrogens with one attached hydrogen (secondary N) is 2. The van der Waals surface area contributed by atoms with E-state index in [0.29, 0.717) is 6.07 Å². The highest BCUT2D eigenvalue weighted by molar-refractivity contribution is 7.99. The van der Waals surface area contributed by atoms with E-state index in [2.05, 4.69) is 11.9 Å². The molecule has 2 heterocycles. The molecule has 0 radical (unpaired) electrons. The number of halogens is 6. The monoisotopic (exact) mass is 618 g/mol. The largest absolute Gasteiger partial charge is 0.417 e. The summed E-state index contributed by atoms with van der Waals surface area (Å²) in [5.41, 5.74) is -2.05. The molecular weight excluding hydrogens is 591 g/mol. The molecule has 4 rings (SSSR count). The predicted molar refractivity (Wildman–Crippen MR) is 148 cm³/mol. The van der Waals surface area contributed by atoms with Crippen LogP contribution in [0.1, 0.15) is 18.1 Å². The minimum atomic E-state index is -4.95. The Morgan fingerprint density at radius 3 is 2.63 bits per heavy atom. The van der Waals surface area contributed by atoms with E-state index in [1.807, 2.05) is 0 Å². The van der Waals surface area contributed by atoms with Crippen LogP contribution in [0, 0.1) is 17.0 Å². The van der Waals surface area contributed by atoms with Crippen molar-refractivity contribution in [3.05, 3.63) is 58.6 Å². The number of alkyl halides is 3. The first kappa shape index (κ1) is 31.1. The fourth-order valence-corrected chi connectivity index (χ4v) is 6.29. The lowest BCUT2D eigenvalue weighted by Gasteiger charge is -2.42. The van der Waals surface area contributed by atoms with Crippen molar-refractivity contribution in [2.45, 2.75) is 30.1 Å². The highest BCUT2D eigenvalue weighted by Crippen LogP contribution is 2.50. The molecule has 2 aromatic rings. The van der Waals surface area contributed by atoms with E-state index in [-0.39, 0.29) is 72.7 Å². The van der Waals surface area contributed by atoms with E-state index >= 15 is 4.39 Å². The Morgan fingerprint density at radius 1 is 1.27 bits per heavy atom. The number of anilines is 1. The summed E-state index contributed by atoms with van der Waals surface area (Å²) < 4.78 is 83.2. The van der Waals surface area contributed by atoms with Crippen molar-refractivity contribution >= 4 is 40.8 Å². The van der Waals surface area contributed by atoms with Crippen LogP contribution in [0.3, 0.4) is 0 Å². The summed E-state index contributed by atoms with van der Waals surface area (Å²) in [6.07, 6.45) is -3.77. The average Bonchev–Trinajstić information content (AvgIpc) is 2.93. The lowest BCUT2D eigenvalue weighted by Crippen LogP contribution is -2.55. The van der Waals surface area contributed by atoms with E-state index in [4.69, 9.17) is 26.5 Å². The van der Waals surface area contributed by atoms with Gasteiger partial charge in [-0.05, 0) is 25.1 Å². The molecule has 0 aromatic heterocycles. The second-order valence-electron chi connectivity index (χ2n) is 9.60. The zero-order valence-corrected chi connectivity index (χ0v) is 23.8. The summed E-state index contributed by atoms with van der Waals surface area (Å²) in [4.78, 5) is 15.3. The van der Waals surface area contributed by atoms with Gasteiger partial charge in [-0.15, -0.1) is 11.8 Å². The number of hydrogen-bond acceptors (Lipinski definition) is 6. The molecule has 0 aliphatic carbocycles. The molecule has 0 bridgehead atoms. The Labute approximate surface area is 243 Å². The second-order valence-corrected chi connectivity index (χ2v) is 11.0. The van der Waals surface area contributed by atoms with Crippen molar-refractivity contribution in [1.82, 2.24) is 9.80 Å². The van der Waals surface area contributed by atoms with Crippen LogP contribution in [0.2, 0.25) is 5.02 Å². The zero-order valence-electron chi connectivity index (χ0n) is 22.2. The summed E-state index contributed by atoms with van der Waals surface area (Å²) in [6.45, 7) is 6.10. The molecular formula is C27H28ClF5N4O3S. The molecule has 0 saturated carbocycles. The fourth-order valence-electron chi connectivity index (χ4n) is 4.90. The molecule has 1 saturated heterocycles. The van der Waals surface area contributed by atoms with Gasteiger partial charge in [0.1, 0.15) is 24.3 Å². The van der Waals surface area contributed by atoms with Gasteiger partial charge in [0.15, 0.2) is 0 Å². The highest BCUT2D eigenvalue weighted by atomic mass is 35.5. The van der Waals surface area contributed by atoms with E-state index in [9.17, 15) is 22.4 Å². The van der Waals surface area contributed by atoms with Crippen LogP contribution < -0.4 is 5.32 Å². The van der Waals surface area contributed by atoms with Gasteiger partial charge in [-0.3, -0.25) is 10.2 Å². The SMILES string of the molecule is C=CC(=O)N1CCN(C(=N)c2cc(C(F)(F)F)c(-c3cc(Cl)c(F)cc3F)c3c2N[C@@H](COCOC)CS3)[C@@H](C)C1. The molecule has 2 aromatic carbocycles. The Balaban J connectivity index is 1.87. The maximum absolute atomic E-state index is 15.0. The number of amidine groups is 1. The zero-order chi connectivity index (χ0) is 30.1. The van der Waals surface area contributed by atoms with E-state index in [1.165, 1.54) is 13.2 Å². The van der Waals surface area contributed by atoms with Crippen LogP contribution in [0.4, 0.5) is 27.6 Å². The summed E-state index contributed by atoms with van der Waals surface area (Å²) in [7, 11) is 1.45. The highest BCUT2D eigenvalue weighted by Gasteiger charge is 2.41. The summed E-state index contributed by atoms with van der Waals surface area (Å²) in [6, 6.07) is 1.34. The van der Waals surface area contributed by atoms with Crippen molar-refractivity contribution < 1.29 is 36.2 Å². The topological polar surface area (TPSA) is 77.9 Å². The van der Waals surface area contributed by atoms with Crippen LogP contribution in [0.5, 0.6) is 0 Å². The van der Waals surface area contributed by atoms with Crippen LogP contribution in [0.25, 0.3) is 11.1 Å². The molecule has 2 aliphatic heterocycles. The Kier molecular flexibility index (Phi) is 9.52. The quantitative estimate of drug-likeness (QED) is 0.0771. The number of thioether (sulfide) groups is 1. The van der Waals surface area contributed by atoms with Gasteiger partial charge in [-0.2, -0.15) is 13.2 Å². The smallest absolute Gasteiger partial charge is 0.378 e. The van der Waals surface area contributed by atoms with Gasteiger partial charge in [0, 0.05) is 66.2 Å². The number of benzene rings is 2. The number of carbonyl (C=O) groups is 1. The third-order valence-corrected chi connectivity index (χ3v) is 8.38. The second kappa shape index (κ2) is 12.6. The number of ether oxygens (including phenoxy) is 2. The normalized spacial score (nSPS) is 19.0. The molecule has 1 fully saturated rings. The van der Waals surface area contributed by atoms with E-state index in [0.717, 1.165) is 23.9 Å². The lowest BCUT2D eigenvalue weighted by atomic mass is 9.93. The maximum Gasteiger partial charge on any atom is 0.417 e. The molecule has 14 heteroatoms. The molecule has 0 unspecified atom stereocenters. The first-order valence-corrected chi connectivity index (χ1v) is 13.9. The Bertz CT molecular complexity index is 1360. The summed E-state index contributed by atoms with van der Waals surface area (Å²) >= 11 is 6.92. The third kappa shape index (κ3) is 6.47. The average molecular weight is 619 g/mol. The number of methoxy groups -OCH3 is 1. The third-order valence-electron chi connectivity index (χ3n) is 6.82. The number of hydrogen-bond donors (Lipinski definition) is 2. The fraction of sp³-hybridized carbons (Fsp3) is 0.407. The van der Waals surface area contributed by atoms with Crippen molar-refractivity contribution in [2.75, 3.05) is 51.2 Å². The number of piperazine rings is 1. The van der Waals surface area contributed by atoms with Gasteiger partial charge in [-0.1, -0.05) is 18.2 Å². The van der Waals surface area contributed by atoms with E-state index < -0.39 is 45.6 Å². The molecule has 2 atom stereocenters. The number of carbonyl (C=O) groups excluding carboxylic acids is 1. The van der Waals surface area contributed by atoms with Crippen molar-refractivity contribution in [1.29, 1.82) is 5.41 Å². The van der Waals surface area contributed by atoms with Crippen molar-refractivity contribution in [2.24, 2.45) is 0 Å². The molecule has 7 nitrogen and oxygen atoms in total. The van der Waals surface area contributed by atoms with Crippen LogP contribution in [-0.4, -0.2) is 79.5 Å². The number of rotatable bonds is 7. The molecule has 41 heavy (non-hydrogen) atoms. The van der Waals surface area contributed by atoms with Crippen molar-refractivity contribution in [3.63, 3.8) is 0 Å². The number of fused-ring (bicyclic) bond motifs is 1. The lowest BCUT2D eigenvalue weighted by molar-refractivity contribution is -0.137. The molecule has 2 N–H and O–H groups in total. The standard InChI is InChI=1S/C27H28ClF5N4O3S/c1-4-22(38)36-5-6-37(14(2)10-36)26(34)17-7-18(27(31,32)33)23(16-8-19(28)21(30)9-20(16)29)25-24(17)35-15(12-41-25)11-40-13-39-3/h4,7-9,14-15,34-35H,1,5-6,10-13H2,2-3H3/t14-,15-/m0/s1. The minimum Gasteiger partial charge on any atom is -0.378 e. The number of nitrogens with zero attached hydrogens (tertiary/aromatic N) is 2. The predicted octanol–water partition coefficient (Wildman–Crippen LogP) is 5.85. The summed E-state index contributed by atoms with van der Waals surface area (Å²) in [5.74, 6) is -2.52. The van der Waals surface area contributed by atoms with Crippen LogP contribution in [0.15, 0.2) is 35.7 Å². The maximum atomic E-state index is 15.0. The Hall–Kier alpha value is -2.87. The van der Waals surface area contributed by atoms with Crippen LogP contribution in [-0.2, 0) is 20.4 Å². The Morgan fingerprint density at radius 2 is 2.00 bits per heavy atom. The minimum absolute atomic E-state index is 0.00114. The molecule has 222 valence electrons. The van der Waals surface area contributed by atoms with Gasteiger partial charge < -0.3 is 24.6 Å². The summed E-state index contributed by atoms with van der Waals surface area (Å²) in [5, 5.41) is 11.7.